The van der Waals surface area contributed by atoms with Crippen LogP contribution in [0.3, 0.4) is 0 Å². The first-order valence-corrected chi connectivity index (χ1v) is 8.32. The van der Waals surface area contributed by atoms with Crippen molar-refractivity contribution in [1.82, 2.24) is 0 Å². The van der Waals surface area contributed by atoms with Gasteiger partial charge in [0.1, 0.15) is 0 Å². The van der Waals surface area contributed by atoms with Crippen LogP contribution in [-0.2, 0) is 12.8 Å². The second-order valence-corrected chi connectivity index (χ2v) is 6.73. The summed E-state index contributed by atoms with van der Waals surface area (Å²) in [5.74, 6) is 0.663. The van der Waals surface area contributed by atoms with Gasteiger partial charge >= 0.3 is 0 Å². The molecule has 0 bridgehead atoms. The van der Waals surface area contributed by atoms with Gasteiger partial charge in [-0.1, -0.05) is 31.2 Å². The number of rotatable bonds is 3. The van der Waals surface area contributed by atoms with Gasteiger partial charge in [-0.05, 0) is 70.6 Å². The molecule has 2 N–H and O–H groups in total. The normalized spacial score (nSPS) is 17.7. The topological polar surface area (TPSA) is 29.3 Å². The summed E-state index contributed by atoms with van der Waals surface area (Å²) in [7, 11) is 0. The largest absolute Gasteiger partial charge is 0.340 e. The molecule has 1 unspecified atom stereocenters. The Labute approximate surface area is 135 Å². The zero-order chi connectivity index (χ0) is 14.8. The van der Waals surface area contributed by atoms with Crippen LogP contribution < -0.4 is 10.6 Å². The van der Waals surface area contributed by atoms with Gasteiger partial charge in [-0.3, -0.25) is 0 Å². The van der Waals surface area contributed by atoms with Crippen LogP contribution in [0.2, 0.25) is 0 Å². The summed E-state index contributed by atoms with van der Waals surface area (Å²) in [6, 6.07) is 15.3. The van der Waals surface area contributed by atoms with Gasteiger partial charge in [0, 0.05) is 16.7 Å². The van der Waals surface area contributed by atoms with E-state index in [-0.39, 0.29) is 0 Å². The quantitative estimate of drug-likeness (QED) is 0.900. The molecule has 2 nitrogen and oxygen atoms in total. The van der Waals surface area contributed by atoms with E-state index >= 15 is 0 Å². The highest BCUT2D eigenvalue weighted by molar-refractivity contribution is 9.10. The van der Waals surface area contributed by atoms with Crippen molar-refractivity contribution in [3.05, 3.63) is 58.1 Å². The highest BCUT2D eigenvalue weighted by Gasteiger charge is 2.23. The highest BCUT2D eigenvalue weighted by atomic mass is 79.9. The van der Waals surface area contributed by atoms with Gasteiger partial charge in [-0.2, -0.15) is 0 Å². The minimum Gasteiger partial charge on any atom is -0.340 e. The molecular weight excluding hydrogens is 324 g/mol. The molecule has 0 spiro atoms. The Kier molecular flexibility index (Phi) is 4.32. The summed E-state index contributed by atoms with van der Waals surface area (Å²) in [6.07, 6.45) is 2.08. The van der Waals surface area contributed by atoms with Crippen molar-refractivity contribution in [2.24, 2.45) is 11.7 Å². The van der Waals surface area contributed by atoms with E-state index in [1.807, 2.05) is 0 Å². The monoisotopic (exact) mass is 344 g/mol. The second-order valence-electron chi connectivity index (χ2n) is 5.87. The van der Waals surface area contributed by atoms with Crippen LogP contribution in [0, 0.1) is 5.92 Å². The number of nitrogens with two attached hydrogens (primary N) is 1. The Balaban J connectivity index is 2.00. The minimum atomic E-state index is 0.663. The molecule has 110 valence electrons. The average Bonchev–Trinajstić information content (AvgIpc) is 2.47. The number of halogens is 1. The van der Waals surface area contributed by atoms with Crippen LogP contribution in [0.5, 0.6) is 0 Å². The summed E-state index contributed by atoms with van der Waals surface area (Å²) in [5.41, 5.74) is 11.0. The van der Waals surface area contributed by atoms with E-state index in [0.29, 0.717) is 12.5 Å². The van der Waals surface area contributed by atoms with E-state index in [0.717, 1.165) is 23.9 Å². The summed E-state index contributed by atoms with van der Waals surface area (Å²) in [4.78, 5) is 2.43. The number of fused-ring (bicyclic) bond motifs is 1. The predicted molar refractivity (Wildman–Crippen MR) is 93.2 cm³/mol. The van der Waals surface area contributed by atoms with Gasteiger partial charge in [-0.25, -0.2) is 0 Å². The van der Waals surface area contributed by atoms with Crippen LogP contribution in [0.1, 0.15) is 18.1 Å². The lowest BCUT2D eigenvalue weighted by molar-refractivity contribution is 0.562. The molecule has 1 aliphatic rings. The molecule has 1 heterocycles. The van der Waals surface area contributed by atoms with Crippen molar-refractivity contribution in [3.63, 3.8) is 0 Å². The van der Waals surface area contributed by atoms with E-state index in [1.165, 1.54) is 22.5 Å². The Morgan fingerprint density at radius 3 is 2.76 bits per heavy atom. The first-order chi connectivity index (χ1) is 10.2. The zero-order valence-corrected chi connectivity index (χ0v) is 13.9. The van der Waals surface area contributed by atoms with Gasteiger partial charge in [0.05, 0.1) is 5.69 Å². The SMILES string of the molecule is CC1Cc2ccccc2N(c2ccc(CCN)cc2Br)C1. The van der Waals surface area contributed by atoms with Crippen LogP contribution in [-0.4, -0.2) is 13.1 Å². The summed E-state index contributed by atoms with van der Waals surface area (Å²) < 4.78 is 1.15. The van der Waals surface area contributed by atoms with Crippen molar-refractivity contribution in [3.8, 4) is 0 Å². The molecule has 0 radical (unpaired) electrons. The predicted octanol–water partition coefficient (Wildman–Crippen LogP) is 4.28. The second kappa shape index (κ2) is 6.20. The Morgan fingerprint density at radius 1 is 1.19 bits per heavy atom. The summed E-state index contributed by atoms with van der Waals surface area (Å²) in [6.45, 7) is 4.07. The third kappa shape index (κ3) is 2.99. The maximum atomic E-state index is 5.65. The molecule has 2 aromatic carbocycles. The third-order valence-corrected chi connectivity index (χ3v) is 4.72. The molecule has 1 atom stereocenters. The first-order valence-electron chi connectivity index (χ1n) is 7.53. The molecule has 1 aliphatic heterocycles. The fraction of sp³-hybridized carbons (Fsp3) is 0.333. The van der Waals surface area contributed by atoms with Crippen LogP contribution >= 0.6 is 15.9 Å². The third-order valence-electron chi connectivity index (χ3n) is 4.08. The number of hydrogen-bond donors (Lipinski definition) is 1. The van der Waals surface area contributed by atoms with E-state index in [1.54, 1.807) is 0 Å². The fourth-order valence-electron chi connectivity index (χ4n) is 3.12. The van der Waals surface area contributed by atoms with Crippen molar-refractivity contribution in [2.75, 3.05) is 18.0 Å². The lowest BCUT2D eigenvalue weighted by Gasteiger charge is -2.35. The number of anilines is 2. The van der Waals surface area contributed by atoms with Crippen LogP contribution in [0.15, 0.2) is 46.9 Å². The maximum Gasteiger partial charge on any atom is 0.0555 e. The molecule has 0 saturated heterocycles. The molecule has 21 heavy (non-hydrogen) atoms. The molecule has 0 saturated carbocycles. The number of hydrogen-bond acceptors (Lipinski definition) is 2. The Bertz CT molecular complexity index is 639. The van der Waals surface area contributed by atoms with Gasteiger partial charge in [0.2, 0.25) is 0 Å². The molecule has 3 heteroatoms. The number of benzene rings is 2. The highest BCUT2D eigenvalue weighted by Crippen LogP contribution is 2.38. The smallest absolute Gasteiger partial charge is 0.0555 e. The van der Waals surface area contributed by atoms with E-state index in [4.69, 9.17) is 5.73 Å². The van der Waals surface area contributed by atoms with Crippen molar-refractivity contribution < 1.29 is 0 Å². The van der Waals surface area contributed by atoms with Crippen molar-refractivity contribution in [2.45, 2.75) is 19.8 Å². The summed E-state index contributed by atoms with van der Waals surface area (Å²) >= 11 is 3.74. The van der Waals surface area contributed by atoms with E-state index in [9.17, 15) is 0 Å². The van der Waals surface area contributed by atoms with Gasteiger partial charge < -0.3 is 10.6 Å². The standard InChI is InChI=1S/C18H21BrN2/c1-13-10-15-4-2-3-5-17(15)21(12-13)18-7-6-14(8-9-20)11-16(18)19/h2-7,11,13H,8-10,12,20H2,1H3. The average molecular weight is 345 g/mol. The lowest BCUT2D eigenvalue weighted by atomic mass is 9.93. The van der Waals surface area contributed by atoms with E-state index < -0.39 is 0 Å². The zero-order valence-electron chi connectivity index (χ0n) is 12.3. The number of para-hydroxylation sites is 1. The van der Waals surface area contributed by atoms with Crippen molar-refractivity contribution in [1.29, 1.82) is 0 Å². The fourth-order valence-corrected chi connectivity index (χ4v) is 3.76. The number of nitrogens with zero attached hydrogens (tertiary/aromatic N) is 1. The molecular formula is C18H21BrN2. The van der Waals surface area contributed by atoms with Gasteiger partial charge in [-0.15, -0.1) is 0 Å². The first kappa shape index (κ1) is 14.6. The Hall–Kier alpha value is -1.32. The van der Waals surface area contributed by atoms with E-state index in [2.05, 4.69) is 70.2 Å². The van der Waals surface area contributed by atoms with Crippen LogP contribution in [0.25, 0.3) is 0 Å². The van der Waals surface area contributed by atoms with Gasteiger partial charge in [0.25, 0.3) is 0 Å². The lowest BCUT2D eigenvalue weighted by Crippen LogP contribution is -2.30. The molecule has 0 aromatic heterocycles. The summed E-state index contributed by atoms with van der Waals surface area (Å²) in [5, 5.41) is 0. The molecule has 0 fully saturated rings. The molecule has 0 aliphatic carbocycles. The van der Waals surface area contributed by atoms with Gasteiger partial charge in [0.15, 0.2) is 0 Å². The Morgan fingerprint density at radius 2 is 2.00 bits per heavy atom. The molecule has 0 amide bonds. The van der Waals surface area contributed by atoms with Crippen molar-refractivity contribution >= 4 is 27.3 Å². The molecule has 2 aromatic rings. The van der Waals surface area contributed by atoms with Crippen LogP contribution in [0.4, 0.5) is 11.4 Å². The maximum absolute atomic E-state index is 5.65. The minimum absolute atomic E-state index is 0.663. The molecule has 3 rings (SSSR count).